The van der Waals surface area contributed by atoms with Gasteiger partial charge in [-0.3, -0.25) is 28.8 Å². The molecular formula is C56H84N6O8. The van der Waals surface area contributed by atoms with Gasteiger partial charge in [0.1, 0.15) is 30.2 Å². The Morgan fingerprint density at radius 2 is 1.17 bits per heavy atom. The first kappa shape index (κ1) is 54.5. The van der Waals surface area contributed by atoms with E-state index in [-0.39, 0.29) is 66.0 Å². The largest absolute Gasteiger partial charge is 0.393 e. The van der Waals surface area contributed by atoms with Gasteiger partial charge in [-0.25, -0.2) is 0 Å². The molecule has 0 bridgehead atoms. The number of rotatable bonds is 21. The van der Waals surface area contributed by atoms with Crippen LogP contribution in [-0.2, 0) is 41.6 Å². The molecule has 0 radical (unpaired) electrons. The molecule has 0 spiro atoms. The Morgan fingerprint density at radius 3 is 1.74 bits per heavy atom. The number of nitrogens with two attached hydrogens (primary N) is 1. The lowest BCUT2D eigenvalue weighted by atomic mass is 9.44. The van der Waals surface area contributed by atoms with Crippen molar-refractivity contribution in [2.75, 3.05) is 0 Å². The third kappa shape index (κ3) is 13.0. The summed E-state index contributed by atoms with van der Waals surface area (Å²) >= 11 is 0. The lowest BCUT2D eigenvalue weighted by Gasteiger charge is -2.62. The first-order valence-electron chi connectivity index (χ1n) is 26.3. The number of carbonyl (C=O) groups is 6. The predicted octanol–water partition coefficient (Wildman–Crippen LogP) is 5.51. The number of hydrogen-bond acceptors (Lipinski definition) is 8. The maximum atomic E-state index is 14.3. The SMILES string of the molecule is CC(C)C[C@@H](NC(=O)CCC(C)[C@H]1CC[C@H]2[C@@H]3C[C@H](O)C4C[C@H](O)CC[C@]4(C)[C@H]3CC[C@]12C)C(=O)N[C@@H](C(=O)N[C@H](Cc1ccccc1)C(=O)N[C@H](Cc1ccccc1)C(=O)N[C@H](C)C(N)=O)C(C)C. The number of fused-ring (bicyclic) bond motifs is 5. The lowest BCUT2D eigenvalue weighted by Crippen LogP contribution is -2.60. The van der Waals surface area contributed by atoms with E-state index in [1.165, 1.54) is 6.92 Å². The Bertz CT molecular complexity index is 2120. The topological polar surface area (TPSA) is 229 Å². The molecule has 15 atom stereocenters. The fourth-order valence-electron chi connectivity index (χ4n) is 13.6. The molecule has 6 rings (SSSR count). The van der Waals surface area contributed by atoms with E-state index in [0.717, 1.165) is 56.1 Å². The summed E-state index contributed by atoms with van der Waals surface area (Å²) in [7, 11) is 0. The normalized spacial score (nSPS) is 29.7. The van der Waals surface area contributed by atoms with Crippen LogP contribution in [0.1, 0.15) is 137 Å². The highest BCUT2D eigenvalue weighted by atomic mass is 16.3. The second-order valence-corrected chi connectivity index (χ2v) is 23.1. The standard InChI is InChI=1S/C56H84N6O8/c1-32(2)27-44(59-48(65)22-19-34(5)40-20-21-41-39-31-47(64)43-30-38(63)23-25-56(43,8)42(39)24-26-55(40,41)7)53(69)62-49(33(3)4)54(70)61-46(29-37-17-13-10-14-18-37)52(68)60-45(28-36-15-11-9-12-16-36)51(67)58-35(6)50(57)66/h9-18,32-35,38-47,49,63-64H,19-31H2,1-8H3,(H2,57,66)(H,58,67)(H,59,65)(H,60,68)(H,61,70)(H,62,69)/t34?,35-,38-,39+,40-,41+,42+,43?,44-,45-,46-,47+,49-,55-,56-/m1/s1. The van der Waals surface area contributed by atoms with Crippen LogP contribution in [0.2, 0.25) is 0 Å². The number of benzene rings is 2. The molecule has 2 aromatic rings. The first-order chi connectivity index (χ1) is 33.1. The summed E-state index contributed by atoms with van der Waals surface area (Å²) in [6.07, 6.45) is 8.64. The molecule has 9 N–H and O–H groups in total. The Labute approximate surface area is 416 Å². The van der Waals surface area contributed by atoms with Gasteiger partial charge in [0.2, 0.25) is 35.4 Å². The molecule has 14 heteroatoms. The minimum atomic E-state index is -1.16. The Morgan fingerprint density at radius 1 is 0.629 bits per heavy atom. The van der Waals surface area contributed by atoms with Crippen molar-refractivity contribution in [1.82, 2.24) is 26.6 Å². The molecule has 14 nitrogen and oxygen atoms in total. The molecule has 70 heavy (non-hydrogen) atoms. The van der Waals surface area contributed by atoms with Gasteiger partial charge < -0.3 is 42.5 Å². The van der Waals surface area contributed by atoms with Crippen LogP contribution in [0, 0.1) is 58.2 Å². The van der Waals surface area contributed by atoms with Gasteiger partial charge in [-0.15, -0.1) is 0 Å². The van der Waals surface area contributed by atoms with Crippen LogP contribution >= 0.6 is 0 Å². The summed E-state index contributed by atoms with van der Waals surface area (Å²) in [4.78, 5) is 81.9. The number of aliphatic hydroxyl groups is 2. The molecule has 4 aliphatic rings. The second kappa shape index (κ2) is 23.6. The number of hydrogen-bond donors (Lipinski definition) is 8. The molecule has 0 saturated heterocycles. The van der Waals surface area contributed by atoms with E-state index in [0.29, 0.717) is 42.9 Å². The zero-order valence-electron chi connectivity index (χ0n) is 43.0. The summed E-state index contributed by atoms with van der Waals surface area (Å²) in [6, 6.07) is 13.0. The number of aliphatic hydroxyl groups excluding tert-OH is 2. The molecule has 0 heterocycles. The van der Waals surface area contributed by atoms with Gasteiger partial charge in [0, 0.05) is 19.3 Å². The molecule has 0 aliphatic heterocycles. The Balaban J connectivity index is 1.09. The molecule has 0 aromatic heterocycles. The molecule has 4 aliphatic carbocycles. The smallest absolute Gasteiger partial charge is 0.243 e. The minimum absolute atomic E-state index is 0.0484. The highest BCUT2D eigenvalue weighted by molar-refractivity contribution is 5.96. The number of carbonyl (C=O) groups excluding carboxylic acids is 6. The predicted molar refractivity (Wildman–Crippen MR) is 270 cm³/mol. The quantitative estimate of drug-likeness (QED) is 0.0794. The van der Waals surface area contributed by atoms with Crippen molar-refractivity contribution in [3.05, 3.63) is 71.8 Å². The summed E-state index contributed by atoms with van der Waals surface area (Å²) < 4.78 is 0. The summed E-state index contributed by atoms with van der Waals surface area (Å²) in [5.74, 6) is -1.18. The highest BCUT2D eigenvalue weighted by Crippen LogP contribution is 2.68. The highest BCUT2D eigenvalue weighted by Gasteiger charge is 2.62. The third-order valence-corrected chi connectivity index (χ3v) is 17.5. The fourth-order valence-corrected chi connectivity index (χ4v) is 13.6. The van der Waals surface area contributed by atoms with E-state index in [1.807, 2.05) is 74.5 Å². The maximum Gasteiger partial charge on any atom is 0.243 e. The van der Waals surface area contributed by atoms with Gasteiger partial charge in [0.15, 0.2) is 0 Å². The van der Waals surface area contributed by atoms with Crippen LogP contribution in [0.15, 0.2) is 60.7 Å². The van der Waals surface area contributed by atoms with E-state index in [4.69, 9.17) is 5.73 Å². The first-order valence-corrected chi connectivity index (χ1v) is 26.3. The second-order valence-electron chi connectivity index (χ2n) is 23.1. The van der Waals surface area contributed by atoms with Crippen molar-refractivity contribution in [2.24, 2.45) is 63.9 Å². The Kier molecular flexibility index (Phi) is 18.4. The summed E-state index contributed by atoms with van der Waals surface area (Å²) in [5.41, 5.74) is 7.14. The van der Waals surface area contributed by atoms with Crippen molar-refractivity contribution < 1.29 is 39.0 Å². The van der Waals surface area contributed by atoms with Crippen LogP contribution in [0.5, 0.6) is 0 Å². The van der Waals surface area contributed by atoms with Crippen molar-refractivity contribution in [3.8, 4) is 0 Å². The van der Waals surface area contributed by atoms with Crippen LogP contribution in [-0.4, -0.2) is 88.1 Å². The zero-order valence-corrected chi connectivity index (χ0v) is 43.0. The Hall–Kier alpha value is -4.82. The van der Waals surface area contributed by atoms with E-state index in [2.05, 4.69) is 47.4 Å². The molecule has 6 amide bonds. The molecule has 4 saturated carbocycles. The third-order valence-electron chi connectivity index (χ3n) is 17.5. The van der Waals surface area contributed by atoms with E-state index in [9.17, 15) is 39.0 Å². The maximum absolute atomic E-state index is 14.3. The van der Waals surface area contributed by atoms with Crippen LogP contribution in [0.3, 0.4) is 0 Å². The van der Waals surface area contributed by atoms with Crippen molar-refractivity contribution in [3.63, 3.8) is 0 Å². The minimum Gasteiger partial charge on any atom is -0.393 e. The van der Waals surface area contributed by atoms with Crippen LogP contribution < -0.4 is 32.3 Å². The summed E-state index contributed by atoms with van der Waals surface area (Å²) in [5, 5.41) is 36.2. The van der Waals surface area contributed by atoms with Crippen LogP contribution in [0.25, 0.3) is 0 Å². The van der Waals surface area contributed by atoms with E-state index < -0.39 is 65.7 Å². The lowest BCUT2D eigenvalue weighted by molar-refractivity contribution is -0.172. The average Bonchev–Trinajstić information content (AvgIpc) is 3.67. The molecular weight excluding hydrogens is 885 g/mol. The van der Waals surface area contributed by atoms with Gasteiger partial charge in [-0.2, -0.15) is 0 Å². The number of amides is 6. The molecule has 386 valence electrons. The summed E-state index contributed by atoms with van der Waals surface area (Å²) in [6.45, 7) is 16.1. The molecule has 2 unspecified atom stereocenters. The van der Waals surface area contributed by atoms with Gasteiger partial charge in [-0.1, -0.05) is 109 Å². The van der Waals surface area contributed by atoms with Crippen LogP contribution in [0.4, 0.5) is 0 Å². The fraction of sp³-hybridized carbons (Fsp3) is 0.679. The monoisotopic (exact) mass is 969 g/mol. The zero-order chi connectivity index (χ0) is 51.1. The number of primary amides is 1. The van der Waals surface area contributed by atoms with E-state index in [1.54, 1.807) is 13.8 Å². The van der Waals surface area contributed by atoms with E-state index >= 15 is 0 Å². The van der Waals surface area contributed by atoms with Gasteiger partial charge in [0.05, 0.1) is 12.2 Å². The van der Waals surface area contributed by atoms with Gasteiger partial charge in [0.25, 0.3) is 0 Å². The molecule has 4 fully saturated rings. The van der Waals surface area contributed by atoms with Crippen molar-refractivity contribution in [2.45, 2.75) is 181 Å². The average molecular weight is 969 g/mol. The van der Waals surface area contributed by atoms with Crippen molar-refractivity contribution in [1.29, 1.82) is 0 Å². The van der Waals surface area contributed by atoms with Gasteiger partial charge in [-0.05, 0) is 140 Å². The van der Waals surface area contributed by atoms with Gasteiger partial charge >= 0.3 is 0 Å². The number of nitrogens with one attached hydrogen (secondary N) is 5. The van der Waals surface area contributed by atoms with Crippen molar-refractivity contribution >= 4 is 35.4 Å². The molecule has 2 aromatic carbocycles.